The van der Waals surface area contributed by atoms with Crippen molar-refractivity contribution in [3.63, 3.8) is 0 Å². The number of nitrogens with one attached hydrogen (secondary N) is 1. The van der Waals surface area contributed by atoms with Crippen molar-refractivity contribution in [2.24, 2.45) is 0 Å². The Bertz CT molecular complexity index is 543. The fourth-order valence-electron chi connectivity index (χ4n) is 2.10. The van der Waals surface area contributed by atoms with Gasteiger partial charge in [-0.2, -0.15) is 0 Å². The van der Waals surface area contributed by atoms with Crippen molar-refractivity contribution in [1.29, 1.82) is 0 Å². The second-order valence-electron chi connectivity index (χ2n) is 5.57. The third-order valence-corrected chi connectivity index (χ3v) is 4.57. The lowest BCUT2D eigenvalue weighted by atomic mass is 10.1. The van der Waals surface area contributed by atoms with Gasteiger partial charge in [0.05, 0.1) is 0 Å². The highest BCUT2D eigenvalue weighted by Gasteiger charge is 2.26. The number of benzene rings is 1. The molecule has 0 aromatic heterocycles. The van der Waals surface area contributed by atoms with Crippen molar-refractivity contribution >= 4 is 35.0 Å². The van der Waals surface area contributed by atoms with Crippen LogP contribution in [-0.4, -0.2) is 28.8 Å². The molecule has 0 unspecified atom stereocenters. The second-order valence-corrected chi connectivity index (χ2v) is 6.38. The number of amides is 2. The van der Waals surface area contributed by atoms with Crippen molar-refractivity contribution in [3.8, 4) is 0 Å². The lowest BCUT2D eigenvalue weighted by Gasteiger charge is -2.30. The van der Waals surface area contributed by atoms with Gasteiger partial charge in [-0.05, 0) is 32.4 Å². The minimum absolute atomic E-state index is 0.0624. The molecule has 23 heavy (non-hydrogen) atoms. The van der Waals surface area contributed by atoms with E-state index in [0.717, 1.165) is 6.42 Å². The molecular weight excluding hydrogens is 335 g/mol. The van der Waals surface area contributed by atoms with Gasteiger partial charge in [-0.15, -0.1) is 0 Å². The summed E-state index contributed by atoms with van der Waals surface area (Å²) in [5.74, 6) is -0.294. The van der Waals surface area contributed by atoms with Gasteiger partial charge in [0.2, 0.25) is 11.8 Å². The zero-order valence-corrected chi connectivity index (χ0v) is 15.5. The number of nitrogens with zero attached hydrogens (tertiary/aromatic N) is 1. The molecule has 0 fully saturated rings. The zero-order chi connectivity index (χ0) is 17.6. The Kier molecular flexibility index (Phi) is 7.86. The van der Waals surface area contributed by atoms with Crippen LogP contribution in [0.15, 0.2) is 18.2 Å². The fourth-order valence-corrected chi connectivity index (χ4v) is 2.62. The van der Waals surface area contributed by atoms with Crippen LogP contribution in [0.4, 0.5) is 0 Å². The standard InChI is InChI=1S/C17H24Cl2N2O2/c1-5-11(3)20-17(23)12(4)21(16(22)6-2)10-13-14(18)8-7-9-15(13)19/h7-9,11-12H,5-6,10H2,1-4H3,(H,20,23)/t11-,12-/m0/s1. The van der Waals surface area contributed by atoms with Crippen molar-refractivity contribution in [1.82, 2.24) is 10.2 Å². The van der Waals surface area contributed by atoms with E-state index < -0.39 is 6.04 Å². The summed E-state index contributed by atoms with van der Waals surface area (Å²) in [7, 11) is 0. The SMILES string of the molecule is CCC(=O)N(Cc1c(Cl)cccc1Cl)[C@@H](C)C(=O)N[C@@H](C)CC. The van der Waals surface area contributed by atoms with E-state index in [1.165, 1.54) is 4.90 Å². The molecule has 0 spiro atoms. The molecule has 0 bridgehead atoms. The lowest BCUT2D eigenvalue weighted by Crippen LogP contribution is -2.49. The third kappa shape index (κ3) is 5.40. The number of hydrogen-bond donors (Lipinski definition) is 1. The molecule has 4 nitrogen and oxygen atoms in total. The van der Waals surface area contributed by atoms with Crippen LogP contribution in [0.25, 0.3) is 0 Å². The molecule has 1 aromatic carbocycles. The Morgan fingerprint density at radius 1 is 1.17 bits per heavy atom. The van der Waals surface area contributed by atoms with Gasteiger partial charge in [0.1, 0.15) is 6.04 Å². The van der Waals surface area contributed by atoms with E-state index in [-0.39, 0.29) is 24.4 Å². The largest absolute Gasteiger partial charge is 0.352 e. The summed E-state index contributed by atoms with van der Waals surface area (Å²) in [5.41, 5.74) is 0.654. The normalized spacial score (nSPS) is 13.3. The summed E-state index contributed by atoms with van der Waals surface area (Å²) < 4.78 is 0. The first-order valence-electron chi connectivity index (χ1n) is 7.84. The van der Waals surface area contributed by atoms with E-state index in [2.05, 4.69) is 5.32 Å². The summed E-state index contributed by atoms with van der Waals surface area (Å²) in [6, 6.07) is 4.66. The van der Waals surface area contributed by atoms with Crippen molar-refractivity contribution in [2.45, 2.75) is 59.2 Å². The van der Waals surface area contributed by atoms with Crippen LogP contribution in [0.5, 0.6) is 0 Å². The van der Waals surface area contributed by atoms with Crippen LogP contribution in [0, 0.1) is 0 Å². The van der Waals surface area contributed by atoms with Gasteiger partial charge < -0.3 is 10.2 Å². The Morgan fingerprint density at radius 2 is 1.74 bits per heavy atom. The first-order valence-corrected chi connectivity index (χ1v) is 8.60. The van der Waals surface area contributed by atoms with Crippen molar-refractivity contribution in [3.05, 3.63) is 33.8 Å². The van der Waals surface area contributed by atoms with E-state index in [1.54, 1.807) is 32.0 Å². The molecule has 0 aliphatic carbocycles. The highest BCUT2D eigenvalue weighted by molar-refractivity contribution is 6.36. The summed E-state index contributed by atoms with van der Waals surface area (Å²) in [5, 5.41) is 3.88. The zero-order valence-electron chi connectivity index (χ0n) is 14.0. The van der Waals surface area contributed by atoms with Crippen LogP contribution in [0.3, 0.4) is 0 Å². The number of carbonyl (C=O) groups is 2. The van der Waals surface area contributed by atoms with Crippen LogP contribution in [0.1, 0.15) is 46.1 Å². The Hall–Kier alpha value is -1.26. The molecule has 2 amide bonds. The van der Waals surface area contributed by atoms with E-state index in [0.29, 0.717) is 22.0 Å². The first kappa shape index (κ1) is 19.8. The molecular formula is C17H24Cl2N2O2. The summed E-state index contributed by atoms with van der Waals surface area (Å²) >= 11 is 12.4. The topological polar surface area (TPSA) is 49.4 Å². The van der Waals surface area contributed by atoms with Crippen molar-refractivity contribution < 1.29 is 9.59 Å². The smallest absolute Gasteiger partial charge is 0.242 e. The molecule has 0 radical (unpaired) electrons. The molecule has 0 saturated carbocycles. The van der Waals surface area contributed by atoms with Crippen molar-refractivity contribution in [2.75, 3.05) is 0 Å². The lowest BCUT2D eigenvalue weighted by molar-refractivity contribution is -0.140. The van der Waals surface area contributed by atoms with E-state index in [4.69, 9.17) is 23.2 Å². The van der Waals surface area contributed by atoms with Crippen LogP contribution >= 0.6 is 23.2 Å². The van der Waals surface area contributed by atoms with Gasteiger partial charge in [-0.1, -0.05) is 43.1 Å². The molecule has 0 aliphatic rings. The van der Waals surface area contributed by atoms with E-state index >= 15 is 0 Å². The highest BCUT2D eigenvalue weighted by Crippen LogP contribution is 2.26. The predicted molar refractivity (Wildman–Crippen MR) is 94.7 cm³/mol. The average molecular weight is 359 g/mol. The van der Waals surface area contributed by atoms with Crippen LogP contribution in [0.2, 0.25) is 10.0 Å². The summed E-state index contributed by atoms with van der Waals surface area (Å²) in [6.45, 7) is 7.62. The molecule has 1 N–H and O–H groups in total. The average Bonchev–Trinajstić information content (AvgIpc) is 2.53. The van der Waals surface area contributed by atoms with Gasteiger partial charge in [-0.25, -0.2) is 0 Å². The van der Waals surface area contributed by atoms with Crippen LogP contribution in [-0.2, 0) is 16.1 Å². The van der Waals surface area contributed by atoms with Gasteiger partial charge in [0, 0.05) is 34.6 Å². The minimum Gasteiger partial charge on any atom is -0.352 e. The molecule has 0 heterocycles. The monoisotopic (exact) mass is 358 g/mol. The molecule has 1 aromatic rings. The number of carbonyl (C=O) groups excluding carboxylic acids is 2. The maximum absolute atomic E-state index is 12.4. The Labute approximate surface area is 148 Å². The summed E-state index contributed by atoms with van der Waals surface area (Å²) in [4.78, 5) is 26.2. The molecule has 128 valence electrons. The molecule has 1 rings (SSSR count). The van der Waals surface area contributed by atoms with Crippen LogP contribution < -0.4 is 5.32 Å². The molecule has 0 saturated heterocycles. The molecule has 6 heteroatoms. The van der Waals surface area contributed by atoms with Gasteiger partial charge in [0.15, 0.2) is 0 Å². The van der Waals surface area contributed by atoms with Gasteiger partial charge in [-0.3, -0.25) is 9.59 Å². The third-order valence-electron chi connectivity index (χ3n) is 3.86. The summed E-state index contributed by atoms with van der Waals surface area (Å²) in [6.07, 6.45) is 1.14. The number of rotatable bonds is 7. The number of hydrogen-bond acceptors (Lipinski definition) is 2. The Balaban J connectivity index is 3.01. The first-order chi connectivity index (χ1) is 10.8. The fraction of sp³-hybridized carbons (Fsp3) is 0.529. The quantitative estimate of drug-likeness (QED) is 0.799. The van der Waals surface area contributed by atoms with E-state index in [1.807, 2.05) is 13.8 Å². The molecule has 0 aliphatic heterocycles. The number of halogens is 2. The maximum atomic E-state index is 12.4. The minimum atomic E-state index is -0.594. The predicted octanol–water partition coefficient (Wildman–Crippen LogP) is 4.04. The highest BCUT2D eigenvalue weighted by atomic mass is 35.5. The second kappa shape index (κ2) is 9.14. The van der Waals surface area contributed by atoms with Gasteiger partial charge >= 0.3 is 0 Å². The Morgan fingerprint density at radius 3 is 2.22 bits per heavy atom. The maximum Gasteiger partial charge on any atom is 0.242 e. The van der Waals surface area contributed by atoms with Gasteiger partial charge in [0.25, 0.3) is 0 Å². The van der Waals surface area contributed by atoms with E-state index in [9.17, 15) is 9.59 Å². The molecule has 2 atom stereocenters.